The molecule has 0 aliphatic heterocycles. The number of hydrogen-bond donors (Lipinski definition) is 3. The Bertz CT molecular complexity index is 356. The molecule has 0 saturated carbocycles. The third kappa shape index (κ3) is 3.31. The Kier molecular flexibility index (Phi) is 4.93. The van der Waals surface area contributed by atoms with Crippen LogP contribution in [-0.2, 0) is 6.42 Å². The molecule has 1 aromatic carbocycles. The highest BCUT2D eigenvalue weighted by atomic mass is 16.3. The molecule has 4 nitrogen and oxygen atoms in total. The van der Waals surface area contributed by atoms with Crippen LogP contribution >= 0.6 is 0 Å². The molecule has 0 heterocycles. The minimum atomic E-state index is -0.997. The molecule has 0 spiro atoms. The van der Waals surface area contributed by atoms with Gasteiger partial charge in [-0.05, 0) is 17.5 Å². The SMILES string of the molecule is N#CCc1ccc(C(O)C(O)CCO)cc1. The lowest BCUT2D eigenvalue weighted by Crippen LogP contribution is -2.19. The first kappa shape index (κ1) is 12.7. The summed E-state index contributed by atoms with van der Waals surface area (Å²) in [6.45, 7) is -0.162. The lowest BCUT2D eigenvalue weighted by molar-refractivity contribution is 0.00421. The van der Waals surface area contributed by atoms with E-state index in [1.54, 1.807) is 24.3 Å². The Labute approximate surface area is 94.4 Å². The largest absolute Gasteiger partial charge is 0.396 e. The zero-order valence-electron chi connectivity index (χ0n) is 8.87. The van der Waals surface area contributed by atoms with Crippen molar-refractivity contribution < 1.29 is 15.3 Å². The topological polar surface area (TPSA) is 84.5 Å². The van der Waals surface area contributed by atoms with Crippen molar-refractivity contribution in [3.8, 4) is 6.07 Å². The molecule has 0 saturated heterocycles. The van der Waals surface area contributed by atoms with Gasteiger partial charge in [-0.1, -0.05) is 24.3 Å². The number of aliphatic hydroxyl groups excluding tert-OH is 3. The summed E-state index contributed by atoms with van der Waals surface area (Å²) in [5.74, 6) is 0. The Hall–Kier alpha value is -1.41. The van der Waals surface area contributed by atoms with Crippen molar-refractivity contribution in [3.05, 3.63) is 35.4 Å². The number of nitriles is 1. The molecule has 1 aromatic rings. The minimum absolute atomic E-state index is 0.140. The maximum absolute atomic E-state index is 9.71. The van der Waals surface area contributed by atoms with Crippen molar-refractivity contribution in [1.29, 1.82) is 5.26 Å². The van der Waals surface area contributed by atoms with Gasteiger partial charge in [0.15, 0.2) is 0 Å². The highest BCUT2D eigenvalue weighted by Gasteiger charge is 2.17. The highest BCUT2D eigenvalue weighted by molar-refractivity contribution is 5.26. The second-order valence-corrected chi connectivity index (χ2v) is 3.60. The van der Waals surface area contributed by atoms with Crippen molar-refractivity contribution in [2.24, 2.45) is 0 Å². The predicted octanol–water partition coefficient (Wildman–Crippen LogP) is 0.529. The second-order valence-electron chi connectivity index (χ2n) is 3.60. The number of benzene rings is 1. The van der Waals surface area contributed by atoms with Gasteiger partial charge in [0.25, 0.3) is 0 Å². The van der Waals surface area contributed by atoms with E-state index in [1.807, 2.05) is 6.07 Å². The molecule has 0 aliphatic carbocycles. The van der Waals surface area contributed by atoms with Gasteiger partial charge in [-0.15, -0.1) is 0 Å². The van der Waals surface area contributed by atoms with Gasteiger partial charge in [0.05, 0.1) is 18.6 Å². The first-order valence-corrected chi connectivity index (χ1v) is 5.11. The van der Waals surface area contributed by atoms with Crippen LogP contribution in [0.4, 0.5) is 0 Å². The van der Waals surface area contributed by atoms with Crippen LogP contribution in [0.15, 0.2) is 24.3 Å². The Morgan fingerprint density at radius 2 is 1.81 bits per heavy atom. The fourth-order valence-corrected chi connectivity index (χ4v) is 1.44. The van der Waals surface area contributed by atoms with Gasteiger partial charge in [0.2, 0.25) is 0 Å². The Balaban J connectivity index is 2.70. The number of nitrogens with zero attached hydrogens (tertiary/aromatic N) is 1. The van der Waals surface area contributed by atoms with E-state index in [1.165, 1.54) is 0 Å². The van der Waals surface area contributed by atoms with Crippen LogP contribution < -0.4 is 0 Å². The standard InChI is InChI=1S/C12H15NO3/c13-7-5-9-1-3-10(4-2-9)12(16)11(15)6-8-14/h1-4,11-12,14-16H,5-6,8H2. The molecular weight excluding hydrogens is 206 g/mol. The average molecular weight is 221 g/mol. The molecule has 16 heavy (non-hydrogen) atoms. The van der Waals surface area contributed by atoms with Gasteiger partial charge in [0.1, 0.15) is 6.10 Å². The molecule has 0 bridgehead atoms. The molecule has 0 radical (unpaired) electrons. The lowest BCUT2D eigenvalue weighted by Gasteiger charge is -2.17. The summed E-state index contributed by atoms with van der Waals surface area (Å²) in [7, 11) is 0. The molecule has 0 fully saturated rings. The van der Waals surface area contributed by atoms with Gasteiger partial charge >= 0.3 is 0 Å². The quantitative estimate of drug-likeness (QED) is 0.677. The molecule has 1 rings (SSSR count). The number of rotatable bonds is 5. The average Bonchev–Trinajstić information content (AvgIpc) is 2.30. The van der Waals surface area contributed by atoms with E-state index in [2.05, 4.69) is 0 Å². The normalized spacial score (nSPS) is 14.1. The number of hydrogen-bond acceptors (Lipinski definition) is 4. The van der Waals surface area contributed by atoms with Crippen LogP contribution in [0.1, 0.15) is 23.7 Å². The van der Waals surface area contributed by atoms with Crippen molar-refractivity contribution >= 4 is 0 Å². The van der Waals surface area contributed by atoms with Crippen molar-refractivity contribution in [3.63, 3.8) is 0 Å². The minimum Gasteiger partial charge on any atom is -0.396 e. The molecular formula is C12H15NO3. The predicted molar refractivity (Wildman–Crippen MR) is 58.4 cm³/mol. The molecule has 0 aliphatic rings. The third-order valence-electron chi connectivity index (χ3n) is 2.39. The van der Waals surface area contributed by atoms with E-state index < -0.39 is 12.2 Å². The van der Waals surface area contributed by atoms with Gasteiger partial charge in [-0.3, -0.25) is 0 Å². The van der Waals surface area contributed by atoms with Crippen molar-refractivity contribution in [2.75, 3.05) is 6.61 Å². The van der Waals surface area contributed by atoms with Crippen molar-refractivity contribution in [1.82, 2.24) is 0 Å². The van der Waals surface area contributed by atoms with Crippen LogP contribution in [0.3, 0.4) is 0 Å². The molecule has 2 unspecified atom stereocenters. The molecule has 3 N–H and O–H groups in total. The van der Waals surface area contributed by atoms with E-state index in [4.69, 9.17) is 10.4 Å². The number of aliphatic hydroxyl groups is 3. The summed E-state index contributed by atoms with van der Waals surface area (Å²) in [6, 6.07) is 8.87. The van der Waals surface area contributed by atoms with E-state index in [0.717, 1.165) is 5.56 Å². The lowest BCUT2D eigenvalue weighted by atomic mass is 10.0. The summed E-state index contributed by atoms with van der Waals surface area (Å²) in [5.41, 5.74) is 1.46. The van der Waals surface area contributed by atoms with E-state index in [-0.39, 0.29) is 13.0 Å². The van der Waals surface area contributed by atoms with Crippen LogP contribution in [0, 0.1) is 11.3 Å². The van der Waals surface area contributed by atoms with Crippen LogP contribution in [0.5, 0.6) is 0 Å². The van der Waals surface area contributed by atoms with Gasteiger partial charge in [-0.25, -0.2) is 0 Å². The maximum Gasteiger partial charge on any atom is 0.105 e. The monoisotopic (exact) mass is 221 g/mol. The fraction of sp³-hybridized carbons (Fsp3) is 0.417. The smallest absolute Gasteiger partial charge is 0.105 e. The van der Waals surface area contributed by atoms with E-state index in [9.17, 15) is 10.2 Å². The highest BCUT2D eigenvalue weighted by Crippen LogP contribution is 2.19. The maximum atomic E-state index is 9.71. The zero-order valence-corrected chi connectivity index (χ0v) is 8.87. The summed E-state index contributed by atoms with van der Waals surface area (Å²) in [6.07, 6.45) is -1.49. The van der Waals surface area contributed by atoms with Gasteiger partial charge in [0, 0.05) is 6.61 Å². The van der Waals surface area contributed by atoms with Gasteiger partial charge in [-0.2, -0.15) is 5.26 Å². The first-order valence-electron chi connectivity index (χ1n) is 5.11. The first-order chi connectivity index (χ1) is 7.69. The van der Waals surface area contributed by atoms with Crippen molar-refractivity contribution in [2.45, 2.75) is 25.0 Å². The van der Waals surface area contributed by atoms with Crippen LogP contribution in [0.25, 0.3) is 0 Å². The van der Waals surface area contributed by atoms with Crippen LogP contribution in [-0.4, -0.2) is 28.0 Å². The Morgan fingerprint density at radius 3 is 2.31 bits per heavy atom. The summed E-state index contributed by atoms with van der Waals surface area (Å²) >= 11 is 0. The van der Waals surface area contributed by atoms with Gasteiger partial charge < -0.3 is 15.3 Å². The molecule has 2 atom stereocenters. The molecule has 0 aromatic heterocycles. The zero-order chi connectivity index (χ0) is 12.0. The second kappa shape index (κ2) is 6.23. The van der Waals surface area contributed by atoms with E-state index in [0.29, 0.717) is 12.0 Å². The molecule has 86 valence electrons. The summed E-state index contributed by atoms with van der Waals surface area (Å²) in [4.78, 5) is 0. The Morgan fingerprint density at radius 1 is 1.19 bits per heavy atom. The third-order valence-corrected chi connectivity index (χ3v) is 2.39. The summed E-state index contributed by atoms with van der Waals surface area (Å²) in [5, 5.41) is 36.3. The van der Waals surface area contributed by atoms with E-state index >= 15 is 0 Å². The fourth-order valence-electron chi connectivity index (χ4n) is 1.44. The molecule has 0 amide bonds. The molecule has 4 heteroatoms. The van der Waals surface area contributed by atoms with Crippen LogP contribution in [0.2, 0.25) is 0 Å². The summed E-state index contributed by atoms with van der Waals surface area (Å²) < 4.78 is 0.